The van der Waals surface area contributed by atoms with Crippen LogP contribution in [-0.4, -0.2) is 16.9 Å². The molecule has 0 saturated carbocycles. The van der Waals surface area contributed by atoms with Crippen LogP contribution in [-0.2, 0) is 16.0 Å². The molecule has 1 aromatic carbocycles. The Kier molecular flexibility index (Phi) is 7.19. The number of unbranched alkanes of at least 4 members (excludes halogenated alkanes) is 4. The van der Waals surface area contributed by atoms with E-state index < -0.39 is 11.8 Å². The molecule has 0 unspecified atom stereocenters. The summed E-state index contributed by atoms with van der Waals surface area (Å²) in [5.74, 6) is -2.00. The zero-order chi connectivity index (χ0) is 14.1. The molecule has 1 rings (SSSR count). The van der Waals surface area contributed by atoms with E-state index in [-0.39, 0.29) is 6.42 Å². The Morgan fingerprint density at radius 3 is 2.16 bits per heavy atom. The van der Waals surface area contributed by atoms with Crippen LogP contribution in [0.15, 0.2) is 24.3 Å². The summed E-state index contributed by atoms with van der Waals surface area (Å²) in [4.78, 5) is 21.1. The van der Waals surface area contributed by atoms with Gasteiger partial charge in [0.1, 0.15) is 0 Å². The van der Waals surface area contributed by atoms with Crippen molar-refractivity contribution in [2.45, 2.75) is 44.9 Å². The lowest BCUT2D eigenvalue weighted by Crippen LogP contribution is -2.11. The maximum atomic E-state index is 10.8. The molecule has 1 N–H and O–H groups in total. The third-order valence-corrected chi connectivity index (χ3v) is 3.27. The van der Waals surface area contributed by atoms with Gasteiger partial charge in [-0.15, -0.1) is 0 Å². The van der Waals surface area contributed by atoms with Crippen LogP contribution in [0.4, 0.5) is 0 Å². The van der Waals surface area contributed by atoms with Crippen LogP contribution in [0, 0.1) is 0 Å². The molecule has 3 nitrogen and oxygen atoms in total. The van der Waals surface area contributed by atoms with E-state index in [1.54, 1.807) is 0 Å². The zero-order valence-corrected chi connectivity index (χ0v) is 11.7. The molecule has 104 valence electrons. The summed E-state index contributed by atoms with van der Waals surface area (Å²) < 4.78 is 0. The van der Waals surface area contributed by atoms with Gasteiger partial charge >= 0.3 is 5.97 Å². The van der Waals surface area contributed by atoms with Gasteiger partial charge in [0.05, 0.1) is 0 Å². The molecule has 0 saturated heterocycles. The van der Waals surface area contributed by atoms with Crippen LogP contribution in [0.5, 0.6) is 0 Å². The van der Waals surface area contributed by atoms with Crippen molar-refractivity contribution in [3.05, 3.63) is 34.9 Å². The highest BCUT2D eigenvalue weighted by Crippen LogP contribution is 2.13. The number of benzene rings is 1. The van der Waals surface area contributed by atoms with Gasteiger partial charge in [-0.05, 0) is 37.0 Å². The molecule has 0 spiro atoms. The molecule has 0 atom stereocenters. The number of ketones is 1. The van der Waals surface area contributed by atoms with Crippen molar-refractivity contribution in [1.82, 2.24) is 0 Å². The van der Waals surface area contributed by atoms with Gasteiger partial charge in [-0.2, -0.15) is 0 Å². The average molecular weight is 283 g/mol. The van der Waals surface area contributed by atoms with Gasteiger partial charge in [0.2, 0.25) is 5.78 Å². The molecule has 0 aliphatic carbocycles. The summed E-state index contributed by atoms with van der Waals surface area (Å²) in [6.07, 6.45) is 6.03. The molecule has 0 aliphatic rings. The fourth-order valence-electron chi connectivity index (χ4n) is 1.90. The van der Waals surface area contributed by atoms with Gasteiger partial charge in [0.25, 0.3) is 0 Å². The van der Waals surface area contributed by atoms with Gasteiger partial charge in [0, 0.05) is 11.4 Å². The van der Waals surface area contributed by atoms with Crippen molar-refractivity contribution in [3.63, 3.8) is 0 Å². The Bertz CT molecular complexity index is 412. The Morgan fingerprint density at radius 2 is 1.53 bits per heavy atom. The summed E-state index contributed by atoms with van der Waals surface area (Å²) in [5, 5.41) is 9.17. The number of rotatable bonds is 9. The zero-order valence-electron chi connectivity index (χ0n) is 10.9. The number of halogens is 1. The number of aliphatic carboxylic acids is 1. The van der Waals surface area contributed by atoms with Crippen molar-refractivity contribution in [3.8, 4) is 0 Å². The van der Waals surface area contributed by atoms with Gasteiger partial charge in [-0.25, -0.2) is 4.79 Å². The molecule has 0 radical (unpaired) electrons. The highest BCUT2D eigenvalue weighted by molar-refractivity contribution is 6.32. The molecule has 0 heterocycles. The molecule has 0 aromatic heterocycles. The summed E-state index contributed by atoms with van der Waals surface area (Å²) in [6.45, 7) is 0. The molecular formula is C15H19ClO3. The van der Waals surface area contributed by atoms with E-state index in [0.717, 1.165) is 37.1 Å². The lowest BCUT2D eigenvalue weighted by molar-refractivity contribution is -0.149. The molecule has 0 fully saturated rings. The van der Waals surface area contributed by atoms with E-state index in [1.165, 1.54) is 5.56 Å². The first kappa shape index (κ1) is 15.7. The summed E-state index contributed by atoms with van der Waals surface area (Å²) in [7, 11) is 0. The second-order valence-electron chi connectivity index (χ2n) is 4.62. The molecule has 19 heavy (non-hydrogen) atoms. The number of aryl methyl sites for hydroxylation is 1. The number of hydrogen-bond acceptors (Lipinski definition) is 2. The number of Topliss-reactive ketones (excluding diaryl/α,β-unsaturated/α-hetero) is 1. The normalized spacial score (nSPS) is 10.4. The molecule has 0 amide bonds. The van der Waals surface area contributed by atoms with Crippen molar-refractivity contribution in [2.75, 3.05) is 0 Å². The van der Waals surface area contributed by atoms with Crippen LogP contribution in [0.2, 0.25) is 5.02 Å². The highest BCUT2D eigenvalue weighted by atomic mass is 35.5. The van der Waals surface area contributed by atoms with Crippen LogP contribution in [0.3, 0.4) is 0 Å². The monoisotopic (exact) mass is 282 g/mol. The lowest BCUT2D eigenvalue weighted by Gasteiger charge is -2.02. The lowest BCUT2D eigenvalue weighted by atomic mass is 10.0. The number of carbonyl (C=O) groups is 2. The van der Waals surface area contributed by atoms with E-state index in [0.29, 0.717) is 6.42 Å². The molecule has 4 heteroatoms. The van der Waals surface area contributed by atoms with Crippen LogP contribution in [0.1, 0.15) is 44.1 Å². The van der Waals surface area contributed by atoms with Crippen molar-refractivity contribution < 1.29 is 14.7 Å². The fourth-order valence-corrected chi connectivity index (χ4v) is 2.03. The minimum Gasteiger partial charge on any atom is -0.476 e. The first-order valence-electron chi connectivity index (χ1n) is 6.60. The van der Waals surface area contributed by atoms with Gasteiger partial charge in [-0.1, -0.05) is 43.0 Å². The largest absolute Gasteiger partial charge is 0.476 e. The Morgan fingerprint density at radius 1 is 0.947 bits per heavy atom. The van der Waals surface area contributed by atoms with E-state index in [1.807, 2.05) is 24.3 Å². The van der Waals surface area contributed by atoms with Gasteiger partial charge in [-0.3, -0.25) is 4.79 Å². The van der Waals surface area contributed by atoms with Gasteiger partial charge in [0.15, 0.2) is 0 Å². The third kappa shape index (κ3) is 6.97. The van der Waals surface area contributed by atoms with Gasteiger partial charge < -0.3 is 5.11 Å². The van der Waals surface area contributed by atoms with E-state index in [2.05, 4.69) is 0 Å². The number of carboxylic acid groups (broad SMARTS) is 1. The van der Waals surface area contributed by atoms with Crippen LogP contribution < -0.4 is 0 Å². The topological polar surface area (TPSA) is 54.4 Å². The number of carboxylic acids is 1. The maximum absolute atomic E-state index is 10.8. The first-order valence-corrected chi connectivity index (χ1v) is 6.98. The maximum Gasteiger partial charge on any atom is 0.372 e. The Hall–Kier alpha value is -1.35. The van der Waals surface area contributed by atoms with E-state index in [4.69, 9.17) is 16.7 Å². The van der Waals surface area contributed by atoms with Crippen molar-refractivity contribution in [2.24, 2.45) is 0 Å². The van der Waals surface area contributed by atoms with E-state index >= 15 is 0 Å². The standard InChI is InChI=1S/C15H19ClO3/c16-13-10-8-12(9-11-13)6-4-2-1-3-5-7-14(17)15(18)19/h8-11H,1-7H2,(H,18,19). The molecule has 0 aliphatic heterocycles. The minimum atomic E-state index is -1.32. The first-order chi connectivity index (χ1) is 9.09. The Labute approximate surface area is 118 Å². The minimum absolute atomic E-state index is 0.159. The predicted molar refractivity (Wildman–Crippen MR) is 75.5 cm³/mol. The van der Waals surface area contributed by atoms with Crippen molar-refractivity contribution in [1.29, 1.82) is 0 Å². The molecular weight excluding hydrogens is 264 g/mol. The Balaban J connectivity index is 2.01. The number of carbonyl (C=O) groups excluding carboxylic acids is 1. The smallest absolute Gasteiger partial charge is 0.372 e. The SMILES string of the molecule is O=C(O)C(=O)CCCCCCCc1ccc(Cl)cc1. The molecule has 0 bridgehead atoms. The third-order valence-electron chi connectivity index (χ3n) is 3.02. The summed E-state index contributed by atoms with van der Waals surface area (Å²) in [6, 6.07) is 7.87. The van der Waals surface area contributed by atoms with Crippen LogP contribution in [0.25, 0.3) is 0 Å². The molecule has 1 aromatic rings. The second kappa shape index (κ2) is 8.70. The quantitative estimate of drug-likeness (QED) is 0.552. The van der Waals surface area contributed by atoms with Crippen LogP contribution >= 0.6 is 11.6 Å². The number of hydrogen-bond donors (Lipinski definition) is 1. The summed E-state index contributed by atoms with van der Waals surface area (Å²) in [5.41, 5.74) is 1.28. The fraction of sp³-hybridized carbons (Fsp3) is 0.467. The second-order valence-corrected chi connectivity index (χ2v) is 5.06. The average Bonchev–Trinajstić information content (AvgIpc) is 2.39. The van der Waals surface area contributed by atoms with Crippen molar-refractivity contribution >= 4 is 23.4 Å². The highest BCUT2D eigenvalue weighted by Gasteiger charge is 2.09. The summed E-state index contributed by atoms with van der Waals surface area (Å²) >= 11 is 5.81. The van der Waals surface area contributed by atoms with E-state index in [9.17, 15) is 9.59 Å². The predicted octanol–water partition coefficient (Wildman–Crippen LogP) is 3.88.